The number of benzene rings is 3. The molecule has 0 radical (unpaired) electrons. The van der Waals surface area contributed by atoms with Gasteiger partial charge in [0.1, 0.15) is 11.5 Å². The SMILES string of the molecule is O=C(c1ccccc1)N1CCN(C2CCN(Cc3ccc(Oc4ccccc4)cc3)CC2)CC1. The van der Waals surface area contributed by atoms with Gasteiger partial charge in [0, 0.05) is 44.3 Å². The summed E-state index contributed by atoms with van der Waals surface area (Å²) in [4.78, 5) is 19.9. The molecule has 0 aliphatic carbocycles. The van der Waals surface area contributed by atoms with Crippen molar-refractivity contribution in [3.63, 3.8) is 0 Å². The van der Waals surface area contributed by atoms with Gasteiger partial charge in [-0.05, 0) is 67.9 Å². The maximum atomic E-state index is 12.7. The molecule has 2 heterocycles. The molecule has 0 aromatic heterocycles. The quantitative estimate of drug-likeness (QED) is 0.530. The molecule has 0 spiro atoms. The second kappa shape index (κ2) is 10.9. The van der Waals surface area contributed by atoms with E-state index < -0.39 is 0 Å². The van der Waals surface area contributed by atoms with Gasteiger partial charge in [-0.2, -0.15) is 0 Å². The number of nitrogens with zero attached hydrogens (tertiary/aromatic N) is 3. The first-order valence-electron chi connectivity index (χ1n) is 12.4. The van der Waals surface area contributed by atoms with Crippen LogP contribution < -0.4 is 4.74 Å². The van der Waals surface area contributed by atoms with Crippen molar-refractivity contribution in [2.24, 2.45) is 0 Å². The standard InChI is InChI=1S/C29H33N3O2/c33-29(25-7-3-1-4-8-25)32-21-19-31(20-22-32)26-15-17-30(18-16-26)23-24-11-13-28(14-12-24)34-27-9-5-2-6-10-27/h1-14,26H,15-23H2. The summed E-state index contributed by atoms with van der Waals surface area (Å²) in [6.45, 7) is 6.83. The van der Waals surface area contributed by atoms with E-state index in [1.807, 2.05) is 65.6 Å². The number of para-hydroxylation sites is 1. The third kappa shape index (κ3) is 5.66. The highest BCUT2D eigenvalue weighted by atomic mass is 16.5. The summed E-state index contributed by atoms with van der Waals surface area (Å²) in [5, 5.41) is 0. The van der Waals surface area contributed by atoms with E-state index in [9.17, 15) is 4.79 Å². The largest absolute Gasteiger partial charge is 0.457 e. The van der Waals surface area contributed by atoms with Crippen LogP contribution >= 0.6 is 0 Å². The van der Waals surface area contributed by atoms with Gasteiger partial charge in [-0.15, -0.1) is 0 Å². The maximum absolute atomic E-state index is 12.7. The van der Waals surface area contributed by atoms with Crippen molar-refractivity contribution in [3.8, 4) is 11.5 Å². The monoisotopic (exact) mass is 455 g/mol. The third-order valence-electron chi connectivity index (χ3n) is 7.00. The highest BCUT2D eigenvalue weighted by molar-refractivity contribution is 5.94. The average Bonchev–Trinajstić information content (AvgIpc) is 2.91. The second-order valence-electron chi connectivity index (χ2n) is 9.26. The van der Waals surface area contributed by atoms with E-state index >= 15 is 0 Å². The van der Waals surface area contributed by atoms with Crippen LogP contribution in [0.2, 0.25) is 0 Å². The summed E-state index contributed by atoms with van der Waals surface area (Å²) in [6.07, 6.45) is 2.39. The van der Waals surface area contributed by atoms with Crippen LogP contribution in [0.4, 0.5) is 0 Å². The predicted octanol–water partition coefficient (Wildman–Crippen LogP) is 4.90. The van der Waals surface area contributed by atoms with Gasteiger partial charge in [-0.3, -0.25) is 14.6 Å². The minimum atomic E-state index is 0.162. The molecule has 0 bridgehead atoms. The maximum Gasteiger partial charge on any atom is 0.253 e. The van der Waals surface area contributed by atoms with Crippen molar-refractivity contribution in [1.82, 2.24) is 14.7 Å². The van der Waals surface area contributed by atoms with Crippen molar-refractivity contribution in [2.75, 3.05) is 39.3 Å². The van der Waals surface area contributed by atoms with E-state index in [0.717, 1.165) is 62.9 Å². The lowest BCUT2D eigenvalue weighted by Crippen LogP contribution is -2.54. The lowest BCUT2D eigenvalue weighted by molar-refractivity contribution is 0.0445. The minimum absolute atomic E-state index is 0.162. The summed E-state index contributed by atoms with van der Waals surface area (Å²) in [7, 11) is 0. The van der Waals surface area contributed by atoms with Gasteiger partial charge < -0.3 is 9.64 Å². The molecule has 176 valence electrons. The topological polar surface area (TPSA) is 36.0 Å². The summed E-state index contributed by atoms with van der Waals surface area (Å²) in [6, 6.07) is 28.6. The Morgan fingerprint density at radius 2 is 1.29 bits per heavy atom. The molecule has 2 saturated heterocycles. The number of rotatable bonds is 6. The highest BCUT2D eigenvalue weighted by Gasteiger charge is 2.29. The third-order valence-corrected chi connectivity index (χ3v) is 7.00. The molecule has 5 heteroatoms. The molecular weight excluding hydrogens is 422 g/mol. The summed E-state index contributed by atoms with van der Waals surface area (Å²) < 4.78 is 5.91. The van der Waals surface area contributed by atoms with E-state index in [1.165, 1.54) is 18.4 Å². The number of carbonyl (C=O) groups excluding carboxylic acids is 1. The van der Waals surface area contributed by atoms with Crippen molar-refractivity contribution < 1.29 is 9.53 Å². The Morgan fingerprint density at radius 1 is 0.706 bits per heavy atom. The Labute approximate surface area is 202 Å². The van der Waals surface area contributed by atoms with Crippen LogP contribution in [0.5, 0.6) is 11.5 Å². The fourth-order valence-corrected chi connectivity index (χ4v) is 5.04. The summed E-state index contributed by atoms with van der Waals surface area (Å²) >= 11 is 0. The van der Waals surface area contributed by atoms with Crippen molar-refractivity contribution >= 4 is 5.91 Å². The van der Waals surface area contributed by atoms with Crippen LogP contribution in [0.1, 0.15) is 28.8 Å². The lowest BCUT2D eigenvalue weighted by Gasteiger charge is -2.42. The zero-order valence-electron chi connectivity index (χ0n) is 19.7. The van der Waals surface area contributed by atoms with Gasteiger partial charge in [0.25, 0.3) is 5.91 Å². The molecule has 2 aliphatic heterocycles. The van der Waals surface area contributed by atoms with Crippen LogP contribution in [-0.4, -0.2) is 65.9 Å². The van der Waals surface area contributed by atoms with E-state index in [1.54, 1.807) is 0 Å². The molecule has 34 heavy (non-hydrogen) atoms. The van der Waals surface area contributed by atoms with E-state index in [-0.39, 0.29) is 5.91 Å². The van der Waals surface area contributed by atoms with E-state index in [0.29, 0.717) is 6.04 Å². The average molecular weight is 456 g/mol. The van der Waals surface area contributed by atoms with E-state index in [2.05, 4.69) is 34.1 Å². The first kappa shape index (κ1) is 22.6. The molecule has 2 aliphatic rings. The molecule has 0 atom stereocenters. The molecule has 5 nitrogen and oxygen atoms in total. The van der Waals surface area contributed by atoms with Gasteiger partial charge in [-0.1, -0.05) is 48.5 Å². The number of hydrogen-bond acceptors (Lipinski definition) is 4. The molecule has 2 fully saturated rings. The number of carbonyl (C=O) groups is 1. The number of hydrogen-bond donors (Lipinski definition) is 0. The van der Waals surface area contributed by atoms with Gasteiger partial charge in [-0.25, -0.2) is 0 Å². The van der Waals surface area contributed by atoms with Crippen molar-refractivity contribution in [2.45, 2.75) is 25.4 Å². The van der Waals surface area contributed by atoms with Gasteiger partial charge in [0.2, 0.25) is 0 Å². The summed E-state index contributed by atoms with van der Waals surface area (Å²) in [5.74, 6) is 1.90. The first-order chi connectivity index (χ1) is 16.7. The predicted molar refractivity (Wildman–Crippen MR) is 135 cm³/mol. The Kier molecular flexibility index (Phi) is 7.22. The Balaban J connectivity index is 1.05. The molecule has 5 rings (SSSR count). The Bertz CT molecular complexity index is 1040. The number of piperidine rings is 1. The molecule has 0 unspecified atom stereocenters. The van der Waals surface area contributed by atoms with Gasteiger partial charge >= 0.3 is 0 Å². The highest BCUT2D eigenvalue weighted by Crippen LogP contribution is 2.23. The van der Waals surface area contributed by atoms with Gasteiger partial charge in [0.05, 0.1) is 0 Å². The number of piperazine rings is 1. The lowest BCUT2D eigenvalue weighted by atomic mass is 10.0. The normalized spacial score (nSPS) is 18.1. The Morgan fingerprint density at radius 3 is 1.94 bits per heavy atom. The van der Waals surface area contributed by atoms with Crippen LogP contribution in [0.3, 0.4) is 0 Å². The summed E-state index contributed by atoms with van der Waals surface area (Å²) in [5.41, 5.74) is 2.12. The van der Waals surface area contributed by atoms with Crippen LogP contribution in [-0.2, 0) is 6.54 Å². The molecular formula is C29H33N3O2. The number of amides is 1. The fraction of sp³-hybridized carbons (Fsp3) is 0.345. The molecule has 0 saturated carbocycles. The second-order valence-corrected chi connectivity index (χ2v) is 9.26. The molecule has 3 aromatic carbocycles. The zero-order valence-corrected chi connectivity index (χ0v) is 19.7. The smallest absolute Gasteiger partial charge is 0.253 e. The number of likely N-dealkylation sites (tertiary alicyclic amines) is 1. The molecule has 3 aromatic rings. The minimum Gasteiger partial charge on any atom is -0.457 e. The molecule has 1 amide bonds. The number of ether oxygens (including phenoxy) is 1. The Hall–Kier alpha value is -3.15. The van der Waals surface area contributed by atoms with Crippen molar-refractivity contribution in [3.05, 3.63) is 96.1 Å². The molecule has 0 N–H and O–H groups in total. The van der Waals surface area contributed by atoms with E-state index in [4.69, 9.17) is 4.74 Å². The van der Waals surface area contributed by atoms with Crippen LogP contribution in [0.25, 0.3) is 0 Å². The fourth-order valence-electron chi connectivity index (χ4n) is 5.04. The van der Waals surface area contributed by atoms with Crippen molar-refractivity contribution in [1.29, 1.82) is 0 Å². The zero-order chi connectivity index (χ0) is 23.2. The first-order valence-corrected chi connectivity index (χ1v) is 12.4. The van der Waals surface area contributed by atoms with Crippen LogP contribution in [0.15, 0.2) is 84.9 Å². The van der Waals surface area contributed by atoms with Crippen LogP contribution in [0, 0.1) is 0 Å². The van der Waals surface area contributed by atoms with Gasteiger partial charge in [0.15, 0.2) is 0 Å².